The van der Waals surface area contributed by atoms with E-state index in [1.165, 1.54) is 0 Å². The molecule has 0 aliphatic carbocycles. The summed E-state index contributed by atoms with van der Waals surface area (Å²) in [6.45, 7) is 4.29. The molecule has 0 radical (unpaired) electrons. The Balaban J connectivity index is 1.83. The molecule has 0 saturated carbocycles. The van der Waals surface area contributed by atoms with Crippen LogP contribution in [-0.2, 0) is 11.3 Å². The van der Waals surface area contributed by atoms with Gasteiger partial charge in [-0.15, -0.1) is 0 Å². The van der Waals surface area contributed by atoms with Gasteiger partial charge in [0.15, 0.2) is 5.16 Å². The number of amides is 1. The van der Waals surface area contributed by atoms with E-state index in [0.29, 0.717) is 10.7 Å². The summed E-state index contributed by atoms with van der Waals surface area (Å²) in [7, 11) is 0. The number of carbonyl (C=O) groups is 1. The van der Waals surface area contributed by atoms with E-state index in [1.54, 1.807) is 17.8 Å². The Morgan fingerprint density at radius 2 is 2.08 bits per heavy atom. The molecule has 0 unspecified atom stereocenters. The third-order valence-corrected chi connectivity index (χ3v) is 5.40. The molecular weight excluding hydrogens is 354 g/mol. The van der Waals surface area contributed by atoms with E-state index in [-0.39, 0.29) is 12.5 Å². The van der Waals surface area contributed by atoms with Crippen molar-refractivity contribution in [2.75, 3.05) is 11.1 Å². The van der Waals surface area contributed by atoms with E-state index >= 15 is 0 Å². The zero-order valence-electron chi connectivity index (χ0n) is 14.3. The van der Waals surface area contributed by atoms with Crippen molar-refractivity contribution in [3.8, 4) is 0 Å². The van der Waals surface area contributed by atoms with Crippen molar-refractivity contribution in [1.82, 2.24) is 9.55 Å². The van der Waals surface area contributed by atoms with Crippen molar-refractivity contribution < 1.29 is 4.79 Å². The van der Waals surface area contributed by atoms with Crippen molar-refractivity contribution >= 4 is 46.0 Å². The normalized spacial score (nSPS) is 11.0. The highest BCUT2D eigenvalue weighted by Crippen LogP contribution is 2.25. The van der Waals surface area contributed by atoms with E-state index in [9.17, 15) is 4.79 Å². The van der Waals surface area contributed by atoms with Crippen LogP contribution in [0.1, 0.15) is 18.9 Å². The number of hydrogen-bond acceptors (Lipinski definition) is 3. The molecule has 6 heteroatoms. The van der Waals surface area contributed by atoms with Gasteiger partial charge in [-0.05, 0) is 43.2 Å². The highest BCUT2D eigenvalue weighted by molar-refractivity contribution is 7.99. The summed E-state index contributed by atoms with van der Waals surface area (Å²) in [6, 6.07) is 13.4. The van der Waals surface area contributed by atoms with Gasteiger partial charge in [0.1, 0.15) is 6.54 Å². The quantitative estimate of drug-likeness (QED) is 0.608. The summed E-state index contributed by atoms with van der Waals surface area (Å²) < 4.78 is 1.97. The Morgan fingerprint density at radius 1 is 1.28 bits per heavy atom. The number of hydrogen-bond donors (Lipinski definition) is 1. The minimum absolute atomic E-state index is 0.0959. The van der Waals surface area contributed by atoms with Gasteiger partial charge < -0.3 is 9.88 Å². The lowest BCUT2D eigenvalue weighted by molar-refractivity contribution is -0.116. The minimum Gasteiger partial charge on any atom is -0.324 e. The molecule has 2 aromatic carbocycles. The van der Waals surface area contributed by atoms with Gasteiger partial charge in [-0.1, -0.05) is 48.5 Å². The second-order valence-electron chi connectivity index (χ2n) is 5.83. The first-order chi connectivity index (χ1) is 12.1. The zero-order chi connectivity index (χ0) is 17.8. The van der Waals surface area contributed by atoms with Crippen LogP contribution < -0.4 is 5.32 Å². The maximum atomic E-state index is 12.5. The highest BCUT2D eigenvalue weighted by atomic mass is 35.5. The average Bonchev–Trinajstić information content (AvgIpc) is 2.94. The van der Waals surface area contributed by atoms with E-state index < -0.39 is 0 Å². The molecule has 0 bridgehead atoms. The Hall–Kier alpha value is -1.98. The van der Waals surface area contributed by atoms with Crippen molar-refractivity contribution in [1.29, 1.82) is 0 Å². The predicted octanol–water partition coefficient (Wildman–Crippen LogP) is 5.14. The second kappa shape index (κ2) is 7.93. The molecular formula is C19H20ClN3OS. The Bertz CT molecular complexity index is 907. The fourth-order valence-electron chi connectivity index (χ4n) is 2.52. The van der Waals surface area contributed by atoms with Gasteiger partial charge >= 0.3 is 0 Å². The lowest BCUT2D eigenvalue weighted by atomic mass is 10.2. The Kier molecular flexibility index (Phi) is 5.66. The smallest absolute Gasteiger partial charge is 0.244 e. The lowest BCUT2D eigenvalue weighted by Crippen LogP contribution is -2.19. The van der Waals surface area contributed by atoms with E-state index in [2.05, 4.69) is 17.2 Å². The topological polar surface area (TPSA) is 46.9 Å². The molecule has 0 aliphatic rings. The molecule has 25 heavy (non-hydrogen) atoms. The fraction of sp³-hybridized carbons (Fsp3) is 0.263. The van der Waals surface area contributed by atoms with Crippen molar-refractivity contribution in [3.05, 3.63) is 53.1 Å². The van der Waals surface area contributed by atoms with E-state index in [0.717, 1.165) is 33.9 Å². The maximum Gasteiger partial charge on any atom is 0.244 e. The number of para-hydroxylation sites is 2. The molecule has 0 atom stereocenters. The minimum atomic E-state index is -0.0959. The number of aryl methyl sites for hydroxylation is 1. The van der Waals surface area contributed by atoms with Gasteiger partial charge in [0.2, 0.25) is 5.91 Å². The molecule has 0 fully saturated rings. The summed E-state index contributed by atoms with van der Waals surface area (Å²) in [5.41, 5.74) is 3.57. The third kappa shape index (κ3) is 4.17. The van der Waals surface area contributed by atoms with Gasteiger partial charge in [-0.25, -0.2) is 4.98 Å². The molecule has 1 aromatic heterocycles. The number of thioether (sulfide) groups is 1. The van der Waals surface area contributed by atoms with Crippen molar-refractivity contribution in [2.45, 2.75) is 32.0 Å². The van der Waals surface area contributed by atoms with Crippen LogP contribution in [0, 0.1) is 6.92 Å². The first-order valence-electron chi connectivity index (χ1n) is 8.22. The van der Waals surface area contributed by atoms with Crippen LogP contribution in [0.15, 0.2) is 47.6 Å². The molecule has 4 nitrogen and oxygen atoms in total. The summed E-state index contributed by atoms with van der Waals surface area (Å²) in [5.74, 6) is 0.875. The van der Waals surface area contributed by atoms with Crippen LogP contribution >= 0.6 is 23.4 Å². The SMILES string of the molecule is CCCSc1nc2ccccc2n1CC(=O)Nc1ccc(C)c(Cl)c1. The average molecular weight is 374 g/mol. The number of nitrogens with zero attached hydrogens (tertiary/aromatic N) is 2. The molecule has 1 N–H and O–H groups in total. The second-order valence-corrected chi connectivity index (χ2v) is 7.30. The molecule has 130 valence electrons. The van der Waals surface area contributed by atoms with Gasteiger partial charge in [0, 0.05) is 16.5 Å². The van der Waals surface area contributed by atoms with Crippen LogP contribution in [-0.4, -0.2) is 21.2 Å². The highest BCUT2D eigenvalue weighted by Gasteiger charge is 2.14. The standard InChI is InChI=1S/C19H20ClN3OS/c1-3-10-25-19-22-16-6-4-5-7-17(16)23(19)12-18(24)21-14-9-8-13(2)15(20)11-14/h4-9,11H,3,10,12H2,1-2H3,(H,21,24). The van der Waals surface area contributed by atoms with E-state index in [4.69, 9.17) is 11.6 Å². The van der Waals surface area contributed by atoms with Gasteiger partial charge in [-0.2, -0.15) is 0 Å². The van der Waals surface area contributed by atoms with Gasteiger partial charge in [0.05, 0.1) is 11.0 Å². The Morgan fingerprint density at radius 3 is 2.84 bits per heavy atom. The molecule has 0 saturated heterocycles. The molecule has 3 aromatic rings. The molecule has 0 aliphatic heterocycles. The van der Waals surface area contributed by atoms with Gasteiger partial charge in [0.25, 0.3) is 0 Å². The van der Waals surface area contributed by atoms with Crippen LogP contribution in [0.5, 0.6) is 0 Å². The first-order valence-corrected chi connectivity index (χ1v) is 9.59. The molecule has 1 amide bonds. The number of imidazole rings is 1. The number of anilines is 1. The number of aromatic nitrogens is 2. The summed E-state index contributed by atoms with van der Waals surface area (Å²) in [5, 5.41) is 4.43. The lowest BCUT2D eigenvalue weighted by Gasteiger charge is -2.10. The van der Waals surface area contributed by atoms with Crippen molar-refractivity contribution in [2.24, 2.45) is 0 Å². The summed E-state index contributed by atoms with van der Waals surface area (Å²) in [6.07, 6.45) is 1.06. The predicted molar refractivity (Wildman–Crippen MR) is 106 cm³/mol. The van der Waals surface area contributed by atoms with Crippen LogP contribution in [0.4, 0.5) is 5.69 Å². The summed E-state index contributed by atoms with van der Waals surface area (Å²) >= 11 is 7.81. The van der Waals surface area contributed by atoms with Crippen LogP contribution in [0.2, 0.25) is 5.02 Å². The van der Waals surface area contributed by atoms with Crippen LogP contribution in [0.25, 0.3) is 11.0 Å². The molecule has 1 heterocycles. The number of halogens is 1. The zero-order valence-corrected chi connectivity index (χ0v) is 15.8. The fourth-order valence-corrected chi connectivity index (χ4v) is 3.57. The number of carbonyl (C=O) groups excluding carboxylic acids is 1. The monoisotopic (exact) mass is 373 g/mol. The number of rotatable bonds is 6. The number of benzene rings is 2. The van der Waals surface area contributed by atoms with Gasteiger partial charge in [-0.3, -0.25) is 4.79 Å². The van der Waals surface area contributed by atoms with Crippen LogP contribution in [0.3, 0.4) is 0 Å². The maximum absolute atomic E-state index is 12.5. The Labute approximate surface area is 156 Å². The molecule has 3 rings (SSSR count). The first kappa shape index (κ1) is 17.8. The van der Waals surface area contributed by atoms with Crippen molar-refractivity contribution in [3.63, 3.8) is 0 Å². The summed E-state index contributed by atoms with van der Waals surface area (Å²) in [4.78, 5) is 17.2. The largest absolute Gasteiger partial charge is 0.324 e. The van der Waals surface area contributed by atoms with E-state index in [1.807, 2.05) is 47.9 Å². The third-order valence-electron chi connectivity index (χ3n) is 3.81. The molecule has 0 spiro atoms. The number of fused-ring (bicyclic) bond motifs is 1. The number of nitrogens with one attached hydrogen (secondary N) is 1.